The molecule has 0 saturated carbocycles. The van der Waals surface area contributed by atoms with E-state index in [9.17, 15) is 10.1 Å². The Bertz CT molecular complexity index is 1100. The number of carbonyl (C=O) groups excluding carboxylic acids is 1. The Hall–Kier alpha value is -2.74. The maximum absolute atomic E-state index is 12.6. The number of aromatic nitrogens is 4. The molecular formula is C20H21N7OS2. The molecule has 8 nitrogen and oxygen atoms in total. The van der Waals surface area contributed by atoms with Crippen LogP contribution in [0, 0.1) is 11.3 Å². The molecule has 30 heavy (non-hydrogen) atoms. The van der Waals surface area contributed by atoms with E-state index >= 15 is 0 Å². The number of pyridine rings is 1. The molecule has 0 aromatic carbocycles. The summed E-state index contributed by atoms with van der Waals surface area (Å²) in [7, 11) is 2.06. The SMILES string of the molecule is CCn1c(SCC(=O)Nc2sc3c(c2C#N)CCN(C)C3)nnc1-c1ccncc1. The van der Waals surface area contributed by atoms with Gasteiger partial charge in [-0.1, -0.05) is 11.8 Å². The highest BCUT2D eigenvalue weighted by molar-refractivity contribution is 7.99. The number of likely N-dealkylation sites (N-methyl/N-ethyl adjacent to an activating group) is 1. The van der Waals surface area contributed by atoms with Crippen LogP contribution in [0.1, 0.15) is 22.9 Å². The van der Waals surface area contributed by atoms with Crippen molar-refractivity contribution in [3.63, 3.8) is 0 Å². The molecule has 154 valence electrons. The summed E-state index contributed by atoms with van der Waals surface area (Å²) in [5.74, 6) is 0.797. The lowest BCUT2D eigenvalue weighted by Crippen LogP contribution is -2.25. The summed E-state index contributed by atoms with van der Waals surface area (Å²) in [4.78, 5) is 20.0. The summed E-state index contributed by atoms with van der Waals surface area (Å²) in [5, 5.41) is 22.4. The number of nitriles is 1. The molecule has 0 spiro atoms. The molecule has 0 aliphatic carbocycles. The molecule has 0 fully saturated rings. The van der Waals surface area contributed by atoms with E-state index in [4.69, 9.17) is 0 Å². The van der Waals surface area contributed by atoms with Gasteiger partial charge in [-0.25, -0.2) is 0 Å². The topological polar surface area (TPSA) is 99.7 Å². The van der Waals surface area contributed by atoms with Crippen LogP contribution in [0.15, 0.2) is 29.7 Å². The van der Waals surface area contributed by atoms with Crippen LogP contribution in [0.2, 0.25) is 0 Å². The Morgan fingerprint density at radius 1 is 1.37 bits per heavy atom. The number of rotatable bonds is 6. The van der Waals surface area contributed by atoms with Gasteiger partial charge < -0.3 is 14.8 Å². The first-order chi connectivity index (χ1) is 14.6. The van der Waals surface area contributed by atoms with Crippen molar-refractivity contribution in [2.75, 3.05) is 24.7 Å². The van der Waals surface area contributed by atoms with Crippen molar-refractivity contribution >= 4 is 34.0 Å². The van der Waals surface area contributed by atoms with Gasteiger partial charge in [-0.2, -0.15) is 5.26 Å². The van der Waals surface area contributed by atoms with Gasteiger partial charge in [-0.05, 0) is 38.1 Å². The zero-order valence-electron chi connectivity index (χ0n) is 16.8. The van der Waals surface area contributed by atoms with E-state index < -0.39 is 0 Å². The number of nitrogens with zero attached hydrogens (tertiary/aromatic N) is 6. The lowest BCUT2D eigenvalue weighted by atomic mass is 10.0. The van der Waals surface area contributed by atoms with Gasteiger partial charge in [0.2, 0.25) is 5.91 Å². The van der Waals surface area contributed by atoms with Gasteiger partial charge in [-0.3, -0.25) is 9.78 Å². The molecule has 4 heterocycles. The van der Waals surface area contributed by atoms with Crippen LogP contribution in [0.3, 0.4) is 0 Å². The maximum atomic E-state index is 12.6. The third-order valence-corrected chi connectivity index (χ3v) is 7.02. The predicted octanol–water partition coefficient (Wildman–Crippen LogP) is 3.01. The molecule has 0 bridgehead atoms. The van der Waals surface area contributed by atoms with Crippen molar-refractivity contribution < 1.29 is 4.79 Å². The van der Waals surface area contributed by atoms with E-state index in [1.165, 1.54) is 23.1 Å². The minimum Gasteiger partial charge on any atom is -0.316 e. The lowest BCUT2D eigenvalue weighted by Gasteiger charge is -2.21. The van der Waals surface area contributed by atoms with Crippen molar-refractivity contribution in [3.8, 4) is 17.5 Å². The molecule has 0 saturated heterocycles. The van der Waals surface area contributed by atoms with Crippen molar-refractivity contribution in [1.82, 2.24) is 24.6 Å². The van der Waals surface area contributed by atoms with Crippen LogP contribution < -0.4 is 5.32 Å². The van der Waals surface area contributed by atoms with Crippen molar-refractivity contribution in [2.45, 2.75) is 31.6 Å². The number of fused-ring (bicyclic) bond motifs is 1. The van der Waals surface area contributed by atoms with Gasteiger partial charge in [0.1, 0.15) is 11.1 Å². The fourth-order valence-electron chi connectivity index (χ4n) is 3.43. The third kappa shape index (κ3) is 4.09. The van der Waals surface area contributed by atoms with Crippen molar-refractivity contribution in [1.29, 1.82) is 5.26 Å². The van der Waals surface area contributed by atoms with Crippen LogP contribution in [0.5, 0.6) is 0 Å². The lowest BCUT2D eigenvalue weighted by molar-refractivity contribution is -0.113. The van der Waals surface area contributed by atoms with Gasteiger partial charge in [0.15, 0.2) is 11.0 Å². The summed E-state index contributed by atoms with van der Waals surface area (Å²) in [5.41, 5.74) is 2.62. The Labute approximate surface area is 182 Å². The molecule has 3 aromatic heterocycles. The molecule has 10 heteroatoms. The molecule has 1 N–H and O–H groups in total. The Morgan fingerprint density at radius 2 is 2.17 bits per heavy atom. The van der Waals surface area contributed by atoms with Crippen LogP contribution in [-0.4, -0.2) is 49.9 Å². The van der Waals surface area contributed by atoms with Crippen LogP contribution in [-0.2, 0) is 24.3 Å². The molecular weight excluding hydrogens is 418 g/mol. The largest absolute Gasteiger partial charge is 0.316 e. The second kappa shape index (κ2) is 8.95. The first-order valence-electron chi connectivity index (χ1n) is 9.60. The minimum atomic E-state index is -0.153. The number of anilines is 1. The smallest absolute Gasteiger partial charge is 0.235 e. The van der Waals surface area contributed by atoms with Crippen LogP contribution in [0.4, 0.5) is 5.00 Å². The van der Waals surface area contributed by atoms with Gasteiger partial charge in [0.25, 0.3) is 0 Å². The summed E-state index contributed by atoms with van der Waals surface area (Å²) in [6.07, 6.45) is 4.28. The maximum Gasteiger partial charge on any atom is 0.235 e. The molecule has 1 aliphatic heterocycles. The number of amides is 1. The van der Waals surface area contributed by atoms with Gasteiger partial charge in [0.05, 0.1) is 11.3 Å². The first kappa shape index (κ1) is 20.5. The van der Waals surface area contributed by atoms with Crippen molar-refractivity contribution in [2.24, 2.45) is 0 Å². The van der Waals surface area contributed by atoms with E-state index in [2.05, 4.69) is 38.5 Å². The summed E-state index contributed by atoms with van der Waals surface area (Å²) in [6, 6.07) is 6.05. The Kier molecular flexibility index (Phi) is 6.13. The zero-order chi connectivity index (χ0) is 21.1. The summed E-state index contributed by atoms with van der Waals surface area (Å²) in [6.45, 7) is 4.45. The van der Waals surface area contributed by atoms with Gasteiger partial charge in [-0.15, -0.1) is 21.5 Å². The molecule has 1 amide bonds. The van der Waals surface area contributed by atoms with E-state index in [-0.39, 0.29) is 11.7 Å². The predicted molar refractivity (Wildman–Crippen MR) is 117 cm³/mol. The number of thiophene rings is 1. The number of nitrogens with one attached hydrogen (secondary N) is 1. The summed E-state index contributed by atoms with van der Waals surface area (Å²) < 4.78 is 1.98. The Morgan fingerprint density at radius 3 is 2.90 bits per heavy atom. The standard InChI is InChI=1S/C20H21N7OS2/c1-3-27-18(13-4-7-22-8-5-13)24-25-20(27)29-12-17(28)23-19-15(10-21)14-6-9-26(2)11-16(14)30-19/h4-5,7-8H,3,6,9,11-12H2,1-2H3,(H,23,28). The fraction of sp³-hybridized carbons (Fsp3) is 0.350. The van der Waals surface area contributed by atoms with E-state index in [1.54, 1.807) is 12.4 Å². The average Bonchev–Trinajstić information content (AvgIpc) is 3.32. The monoisotopic (exact) mass is 439 g/mol. The van der Waals surface area contributed by atoms with Gasteiger partial charge >= 0.3 is 0 Å². The number of hydrogen-bond acceptors (Lipinski definition) is 8. The average molecular weight is 440 g/mol. The van der Waals surface area contributed by atoms with E-state index in [0.717, 1.165) is 41.3 Å². The van der Waals surface area contributed by atoms with E-state index in [0.29, 0.717) is 22.3 Å². The normalized spacial score (nSPS) is 13.6. The van der Waals surface area contributed by atoms with Crippen LogP contribution >= 0.6 is 23.1 Å². The zero-order valence-corrected chi connectivity index (χ0v) is 18.4. The second-order valence-corrected chi connectivity index (χ2v) is 8.98. The van der Waals surface area contributed by atoms with Gasteiger partial charge in [0, 0.05) is 42.5 Å². The molecule has 4 rings (SSSR count). The highest BCUT2D eigenvalue weighted by Crippen LogP contribution is 2.36. The highest BCUT2D eigenvalue weighted by Gasteiger charge is 2.24. The van der Waals surface area contributed by atoms with Crippen molar-refractivity contribution in [3.05, 3.63) is 40.5 Å². The number of hydrogen-bond donors (Lipinski definition) is 1. The second-order valence-electron chi connectivity index (χ2n) is 6.93. The summed E-state index contributed by atoms with van der Waals surface area (Å²) >= 11 is 2.84. The first-order valence-corrected chi connectivity index (χ1v) is 11.4. The number of thioether (sulfide) groups is 1. The Balaban J connectivity index is 1.45. The molecule has 3 aromatic rings. The molecule has 0 radical (unpaired) electrons. The van der Waals surface area contributed by atoms with Crippen LogP contribution in [0.25, 0.3) is 11.4 Å². The highest BCUT2D eigenvalue weighted by atomic mass is 32.2. The molecule has 1 aliphatic rings. The number of carbonyl (C=O) groups is 1. The van der Waals surface area contributed by atoms with E-state index in [1.807, 2.05) is 23.6 Å². The quantitative estimate of drug-likeness (QED) is 0.589. The third-order valence-electron chi connectivity index (χ3n) is 4.92. The molecule has 0 atom stereocenters. The minimum absolute atomic E-state index is 0.153. The molecule has 0 unspecified atom stereocenters. The fourth-order valence-corrected chi connectivity index (χ4v) is 5.52.